The molecule has 0 atom stereocenters. The van der Waals surface area contributed by atoms with Gasteiger partial charge in [0.05, 0.1) is 13.2 Å². The Morgan fingerprint density at radius 3 is 2.75 bits per heavy atom. The second kappa shape index (κ2) is 10.8. The van der Waals surface area contributed by atoms with Crippen molar-refractivity contribution in [2.24, 2.45) is 0 Å². The summed E-state index contributed by atoms with van der Waals surface area (Å²) in [6.45, 7) is 4.48. The van der Waals surface area contributed by atoms with Gasteiger partial charge in [0.1, 0.15) is 0 Å². The molecule has 0 bridgehead atoms. The standard InChI is InChI=1S/C24H27N3O5/c28-23(7-5-18-4-6-21-22(15-18)32-17-31-21)25-16-19-2-1-3-20(14-19)26-24(29)8-9-27-10-12-30-13-11-27/h1-7,14-15H,8-13,16-17H2,(H,25,28)(H,26,29). The largest absolute Gasteiger partial charge is 0.454 e. The van der Waals surface area contributed by atoms with Gasteiger partial charge in [0, 0.05) is 44.4 Å². The lowest BCUT2D eigenvalue weighted by Crippen LogP contribution is -2.38. The minimum Gasteiger partial charge on any atom is -0.454 e. The third-order valence-corrected chi connectivity index (χ3v) is 5.26. The summed E-state index contributed by atoms with van der Waals surface area (Å²) in [5.41, 5.74) is 2.48. The quantitative estimate of drug-likeness (QED) is 0.617. The van der Waals surface area contributed by atoms with Crippen LogP contribution in [0, 0.1) is 0 Å². The van der Waals surface area contributed by atoms with Gasteiger partial charge in [-0.15, -0.1) is 0 Å². The molecule has 0 aliphatic carbocycles. The lowest BCUT2D eigenvalue weighted by molar-refractivity contribution is -0.117. The molecule has 8 nitrogen and oxygen atoms in total. The van der Waals surface area contributed by atoms with Crippen LogP contribution in [0.15, 0.2) is 48.5 Å². The highest BCUT2D eigenvalue weighted by atomic mass is 16.7. The van der Waals surface area contributed by atoms with E-state index >= 15 is 0 Å². The van der Waals surface area contributed by atoms with Crippen molar-refractivity contribution >= 4 is 23.6 Å². The first-order chi connectivity index (χ1) is 15.7. The van der Waals surface area contributed by atoms with Crippen molar-refractivity contribution in [1.82, 2.24) is 10.2 Å². The molecule has 4 rings (SSSR count). The Labute approximate surface area is 187 Å². The van der Waals surface area contributed by atoms with Gasteiger partial charge in [-0.05, 0) is 41.5 Å². The van der Waals surface area contributed by atoms with Crippen LogP contribution in [-0.2, 0) is 20.9 Å². The van der Waals surface area contributed by atoms with E-state index in [-0.39, 0.29) is 18.6 Å². The molecule has 2 amide bonds. The molecule has 2 heterocycles. The maximum atomic E-state index is 12.3. The highest BCUT2D eigenvalue weighted by Crippen LogP contribution is 2.32. The lowest BCUT2D eigenvalue weighted by Gasteiger charge is -2.26. The number of morpholine rings is 1. The number of fused-ring (bicyclic) bond motifs is 1. The van der Waals surface area contributed by atoms with E-state index in [1.54, 1.807) is 6.08 Å². The van der Waals surface area contributed by atoms with Crippen LogP contribution in [-0.4, -0.2) is 56.4 Å². The van der Waals surface area contributed by atoms with Crippen molar-refractivity contribution < 1.29 is 23.8 Å². The topological polar surface area (TPSA) is 89.1 Å². The highest BCUT2D eigenvalue weighted by molar-refractivity contribution is 5.92. The first-order valence-electron chi connectivity index (χ1n) is 10.7. The highest BCUT2D eigenvalue weighted by Gasteiger charge is 2.13. The minimum atomic E-state index is -0.206. The Kier molecular flexibility index (Phi) is 7.37. The number of ether oxygens (including phenoxy) is 3. The van der Waals surface area contributed by atoms with E-state index in [0.29, 0.717) is 24.5 Å². The molecule has 0 radical (unpaired) electrons. The van der Waals surface area contributed by atoms with E-state index in [9.17, 15) is 9.59 Å². The molecule has 8 heteroatoms. The van der Waals surface area contributed by atoms with Gasteiger partial charge in [0.25, 0.3) is 0 Å². The van der Waals surface area contributed by atoms with Gasteiger partial charge in [-0.25, -0.2) is 0 Å². The average molecular weight is 437 g/mol. The molecule has 0 unspecified atom stereocenters. The number of nitrogens with zero attached hydrogens (tertiary/aromatic N) is 1. The summed E-state index contributed by atoms with van der Waals surface area (Å²) in [6.07, 6.45) is 3.64. The summed E-state index contributed by atoms with van der Waals surface area (Å²) >= 11 is 0. The molecular weight excluding hydrogens is 410 g/mol. The van der Waals surface area contributed by atoms with Crippen LogP contribution in [0.1, 0.15) is 17.5 Å². The summed E-state index contributed by atoms with van der Waals surface area (Å²) in [7, 11) is 0. The zero-order valence-electron chi connectivity index (χ0n) is 17.8. The van der Waals surface area contributed by atoms with Crippen LogP contribution in [0.2, 0.25) is 0 Å². The van der Waals surface area contributed by atoms with Gasteiger partial charge in [0.2, 0.25) is 18.6 Å². The number of amides is 2. The van der Waals surface area contributed by atoms with E-state index < -0.39 is 0 Å². The number of benzene rings is 2. The van der Waals surface area contributed by atoms with E-state index in [1.807, 2.05) is 42.5 Å². The van der Waals surface area contributed by atoms with Crippen LogP contribution in [0.3, 0.4) is 0 Å². The molecule has 1 saturated heterocycles. The maximum absolute atomic E-state index is 12.3. The smallest absolute Gasteiger partial charge is 0.244 e. The van der Waals surface area contributed by atoms with Gasteiger partial charge >= 0.3 is 0 Å². The fraction of sp³-hybridized carbons (Fsp3) is 0.333. The number of hydrogen-bond acceptors (Lipinski definition) is 6. The van der Waals surface area contributed by atoms with Gasteiger partial charge in [0.15, 0.2) is 11.5 Å². The molecule has 0 aromatic heterocycles. The number of rotatable bonds is 8. The second-order valence-corrected chi connectivity index (χ2v) is 7.62. The SMILES string of the molecule is O=C(C=Cc1ccc2c(c1)OCO2)NCc1cccc(NC(=O)CCN2CCOCC2)c1. The number of carbonyl (C=O) groups excluding carboxylic acids is 2. The van der Waals surface area contributed by atoms with E-state index in [4.69, 9.17) is 14.2 Å². The first kappa shape index (κ1) is 21.9. The molecule has 0 spiro atoms. The van der Waals surface area contributed by atoms with Crippen molar-refractivity contribution in [3.63, 3.8) is 0 Å². The third-order valence-electron chi connectivity index (χ3n) is 5.26. The van der Waals surface area contributed by atoms with Gasteiger partial charge in [-0.3, -0.25) is 14.5 Å². The first-order valence-corrected chi connectivity index (χ1v) is 10.7. The maximum Gasteiger partial charge on any atom is 0.244 e. The minimum absolute atomic E-state index is 0.0238. The molecule has 2 aromatic rings. The van der Waals surface area contributed by atoms with Crippen LogP contribution < -0.4 is 20.1 Å². The molecule has 1 fully saturated rings. The van der Waals surface area contributed by atoms with E-state index in [2.05, 4.69) is 15.5 Å². The molecular formula is C24H27N3O5. The summed E-state index contributed by atoms with van der Waals surface area (Å²) in [5, 5.41) is 5.79. The molecule has 2 N–H and O–H groups in total. The zero-order valence-corrected chi connectivity index (χ0v) is 17.8. The van der Waals surface area contributed by atoms with Crippen LogP contribution in [0.4, 0.5) is 5.69 Å². The van der Waals surface area contributed by atoms with Crippen molar-refractivity contribution in [3.8, 4) is 11.5 Å². The third kappa shape index (κ3) is 6.32. The van der Waals surface area contributed by atoms with Crippen LogP contribution >= 0.6 is 0 Å². The van der Waals surface area contributed by atoms with E-state index in [1.165, 1.54) is 6.08 Å². The normalized spacial score (nSPS) is 15.6. The predicted molar refractivity (Wildman–Crippen MR) is 120 cm³/mol. The lowest BCUT2D eigenvalue weighted by atomic mass is 10.2. The number of anilines is 1. The van der Waals surface area contributed by atoms with E-state index in [0.717, 1.165) is 49.7 Å². The van der Waals surface area contributed by atoms with Crippen LogP contribution in [0.5, 0.6) is 11.5 Å². The fourth-order valence-corrected chi connectivity index (χ4v) is 3.50. The Bertz CT molecular complexity index is 985. The van der Waals surface area contributed by atoms with Crippen molar-refractivity contribution in [2.75, 3.05) is 45.0 Å². The summed E-state index contributed by atoms with van der Waals surface area (Å²) in [4.78, 5) is 26.7. The Morgan fingerprint density at radius 2 is 1.88 bits per heavy atom. The molecule has 2 aliphatic heterocycles. The Balaban J connectivity index is 1.22. The van der Waals surface area contributed by atoms with Gasteiger partial charge in [-0.2, -0.15) is 0 Å². The molecule has 168 valence electrons. The van der Waals surface area contributed by atoms with Crippen molar-refractivity contribution in [1.29, 1.82) is 0 Å². The van der Waals surface area contributed by atoms with Crippen molar-refractivity contribution in [2.45, 2.75) is 13.0 Å². The zero-order chi connectivity index (χ0) is 22.2. The molecule has 32 heavy (non-hydrogen) atoms. The molecule has 2 aromatic carbocycles. The Hall–Kier alpha value is -3.36. The van der Waals surface area contributed by atoms with Gasteiger partial charge < -0.3 is 24.8 Å². The fourth-order valence-electron chi connectivity index (χ4n) is 3.50. The monoisotopic (exact) mass is 437 g/mol. The number of carbonyl (C=O) groups is 2. The van der Waals surface area contributed by atoms with Crippen molar-refractivity contribution in [3.05, 3.63) is 59.7 Å². The summed E-state index contributed by atoms with van der Waals surface area (Å²) in [5.74, 6) is 1.16. The number of nitrogens with one attached hydrogen (secondary N) is 2. The molecule has 0 saturated carbocycles. The molecule has 2 aliphatic rings. The predicted octanol–water partition coefficient (Wildman–Crippen LogP) is 2.41. The summed E-state index contributed by atoms with van der Waals surface area (Å²) < 4.78 is 15.9. The average Bonchev–Trinajstić information content (AvgIpc) is 3.29. The summed E-state index contributed by atoms with van der Waals surface area (Å²) in [6, 6.07) is 13.0. The second-order valence-electron chi connectivity index (χ2n) is 7.62. The van der Waals surface area contributed by atoms with Gasteiger partial charge in [-0.1, -0.05) is 18.2 Å². The Morgan fingerprint density at radius 1 is 1.03 bits per heavy atom. The number of hydrogen-bond donors (Lipinski definition) is 2. The van der Waals surface area contributed by atoms with Crippen LogP contribution in [0.25, 0.3) is 6.08 Å².